The number of rotatable bonds is 5. The standard InChI is InChI=1S/C11H17N3O3/c1-6(2)14-11(17)10(12)8(13-4)5-9(16)7(3)15/h5-6,12,15-16H,4H2,1-3H3,(H,14,17)/b8-5-,9-7-,12-10?. The van der Waals surface area contributed by atoms with Crippen molar-refractivity contribution in [2.24, 2.45) is 4.99 Å². The number of aliphatic hydroxyl groups excluding tert-OH is 2. The number of amides is 1. The van der Waals surface area contributed by atoms with Crippen molar-refractivity contribution >= 4 is 18.3 Å². The average Bonchev–Trinajstić information content (AvgIpc) is 2.23. The van der Waals surface area contributed by atoms with E-state index in [0.29, 0.717) is 0 Å². The molecule has 0 aliphatic rings. The lowest BCUT2D eigenvalue weighted by Crippen LogP contribution is -2.36. The Bertz CT molecular complexity index is 391. The third kappa shape index (κ3) is 4.96. The van der Waals surface area contributed by atoms with Gasteiger partial charge in [-0.3, -0.25) is 15.2 Å². The van der Waals surface area contributed by atoms with Gasteiger partial charge in [-0.1, -0.05) is 0 Å². The Hall–Kier alpha value is -2.11. The Morgan fingerprint density at radius 2 is 2.00 bits per heavy atom. The summed E-state index contributed by atoms with van der Waals surface area (Å²) in [4.78, 5) is 14.9. The van der Waals surface area contributed by atoms with Gasteiger partial charge in [-0.15, -0.1) is 0 Å². The van der Waals surface area contributed by atoms with Crippen LogP contribution in [0.1, 0.15) is 20.8 Å². The van der Waals surface area contributed by atoms with Crippen LogP contribution in [0.15, 0.2) is 28.3 Å². The number of nitrogens with zero attached hydrogens (tertiary/aromatic N) is 1. The Balaban J connectivity index is 5.04. The highest BCUT2D eigenvalue weighted by atomic mass is 16.3. The summed E-state index contributed by atoms with van der Waals surface area (Å²) in [5.41, 5.74) is -0.546. The first kappa shape index (κ1) is 14.9. The molecule has 0 saturated carbocycles. The van der Waals surface area contributed by atoms with Crippen molar-refractivity contribution < 1.29 is 15.0 Å². The second-order valence-corrected chi connectivity index (χ2v) is 3.66. The quantitative estimate of drug-likeness (QED) is 0.331. The van der Waals surface area contributed by atoms with E-state index in [4.69, 9.17) is 10.5 Å². The van der Waals surface area contributed by atoms with Crippen molar-refractivity contribution in [2.75, 3.05) is 0 Å². The Kier molecular flexibility index (Phi) is 5.66. The summed E-state index contributed by atoms with van der Waals surface area (Å²) in [7, 11) is 0. The van der Waals surface area contributed by atoms with Crippen molar-refractivity contribution in [1.82, 2.24) is 5.32 Å². The van der Waals surface area contributed by atoms with E-state index in [-0.39, 0.29) is 17.5 Å². The van der Waals surface area contributed by atoms with Crippen LogP contribution in [0.3, 0.4) is 0 Å². The predicted molar refractivity (Wildman–Crippen MR) is 66.6 cm³/mol. The minimum Gasteiger partial charge on any atom is -0.509 e. The molecule has 17 heavy (non-hydrogen) atoms. The molecule has 0 aromatic heterocycles. The van der Waals surface area contributed by atoms with Crippen LogP contribution in [0.2, 0.25) is 0 Å². The van der Waals surface area contributed by atoms with Gasteiger partial charge in [0.2, 0.25) is 0 Å². The summed E-state index contributed by atoms with van der Waals surface area (Å²) >= 11 is 0. The Morgan fingerprint density at radius 3 is 2.35 bits per heavy atom. The van der Waals surface area contributed by atoms with Crippen LogP contribution >= 0.6 is 0 Å². The van der Waals surface area contributed by atoms with E-state index in [1.807, 2.05) is 0 Å². The first-order chi connectivity index (χ1) is 7.79. The molecule has 0 fully saturated rings. The number of hydrogen-bond donors (Lipinski definition) is 4. The molecule has 0 rings (SSSR count). The van der Waals surface area contributed by atoms with E-state index in [1.54, 1.807) is 13.8 Å². The number of aliphatic hydroxyl groups is 2. The minimum absolute atomic E-state index is 0.113. The van der Waals surface area contributed by atoms with Crippen LogP contribution in [0.25, 0.3) is 0 Å². The zero-order chi connectivity index (χ0) is 13.6. The molecule has 6 heteroatoms. The SMILES string of the molecule is C=N/C(=C\C(O)=C(/C)O)C(=N)C(=O)NC(C)C. The fourth-order valence-corrected chi connectivity index (χ4v) is 0.881. The van der Waals surface area contributed by atoms with E-state index in [1.165, 1.54) is 6.92 Å². The zero-order valence-corrected chi connectivity index (χ0v) is 10.1. The average molecular weight is 239 g/mol. The van der Waals surface area contributed by atoms with Gasteiger partial charge in [0, 0.05) is 12.1 Å². The van der Waals surface area contributed by atoms with Crippen LogP contribution < -0.4 is 5.32 Å². The van der Waals surface area contributed by atoms with Gasteiger partial charge in [-0.25, -0.2) is 0 Å². The number of allylic oxidation sites excluding steroid dienone is 2. The Labute approximate surface area is 99.9 Å². The maximum Gasteiger partial charge on any atom is 0.271 e. The highest BCUT2D eigenvalue weighted by Gasteiger charge is 2.15. The van der Waals surface area contributed by atoms with E-state index >= 15 is 0 Å². The molecular formula is C11H17N3O3. The second kappa shape index (κ2) is 6.47. The molecule has 0 unspecified atom stereocenters. The fraction of sp³-hybridized carbons (Fsp3) is 0.364. The number of nitrogens with one attached hydrogen (secondary N) is 2. The van der Waals surface area contributed by atoms with Gasteiger partial charge in [0.15, 0.2) is 5.76 Å². The fourth-order valence-electron chi connectivity index (χ4n) is 0.881. The summed E-state index contributed by atoms with van der Waals surface area (Å²) in [6.45, 7) is 7.98. The number of hydrogen-bond acceptors (Lipinski definition) is 5. The summed E-state index contributed by atoms with van der Waals surface area (Å²) in [5, 5.41) is 28.3. The van der Waals surface area contributed by atoms with Gasteiger partial charge in [0.1, 0.15) is 11.5 Å². The van der Waals surface area contributed by atoms with E-state index in [0.717, 1.165) is 6.08 Å². The molecule has 0 radical (unpaired) electrons. The molecule has 0 atom stereocenters. The smallest absolute Gasteiger partial charge is 0.271 e. The van der Waals surface area contributed by atoms with Crippen LogP contribution in [-0.4, -0.2) is 34.6 Å². The van der Waals surface area contributed by atoms with Crippen LogP contribution in [0.5, 0.6) is 0 Å². The van der Waals surface area contributed by atoms with Crippen molar-refractivity contribution in [3.63, 3.8) is 0 Å². The maximum atomic E-state index is 11.5. The highest BCUT2D eigenvalue weighted by Crippen LogP contribution is 2.06. The molecule has 4 N–H and O–H groups in total. The molecule has 0 aromatic carbocycles. The third-order valence-corrected chi connectivity index (χ3v) is 1.72. The maximum absolute atomic E-state index is 11.5. The Morgan fingerprint density at radius 1 is 1.47 bits per heavy atom. The van der Waals surface area contributed by atoms with Crippen LogP contribution in [0.4, 0.5) is 0 Å². The normalized spacial score (nSPS) is 13.1. The van der Waals surface area contributed by atoms with Crippen LogP contribution in [0, 0.1) is 5.41 Å². The van der Waals surface area contributed by atoms with E-state index in [2.05, 4.69) is 17.0 Å². The topological polar surface area (TPSA) is 106 Å². The second-order valence-electron chi connectivity index (χ2n) is 3.66. The monoisotopic (exact) mass is 239 g/mol. The van der Waals surface area contributed by atoms with Crippen LogP contribution in [-0.2, 0) is 4.79 Å². The van der Waals surface area contributed by atoms with Gasteiger partial charge in [-0.05, 0) is 27.5 Å². The lowest BCUT2D eigenvalue weighted by atomic mass is 10.2. The lowest BCUT2D eigenvalue weighted by molar-refractivity contribution is -0.115. The summed E-state index contributed by atoms with van der Waals surface area (Å²) < 4.78 is 0. The zero-order valence-electron chi connectivity index (χ0n) is 10.1. The minimum atomic E-state index is -0.623. The molecule has 94 valence electrons. The van der Waals surface area contributed by atoms with Crippen molar-refractivity contribution in [3.8, 4) is 0 Å². The van der Waals surface area contributed by atoms with Crippen molar-refractivity contribution in [2.45, 2.75) is 26.8 Å². The molecule has 0 spiro atoms. The van der Waals surface area contributed by atoms with Crippen molar-refractivity contribution in [3.05, 3.63) is 23.3 Å². The summed E-state index contributed by atoms with van der Waals surface area (Å²) in [5.74, 6) is -1.42. The molecular weight excluding hydrogens is 222 g/mol. The number of carbonyl (C=O) groups is 1. The molecule has 0 aromatic rings. The third-order valence-electron chi connectivity index (χ3n) is 1.72. The lowest BCUT2D eigenvalue weighted by Gasteiger charge is -2.09. The van der Waals surface area contributed by atoms with Gasteiger partial charge in [-0.2, -0.15) is 0 Å². The predicted octanol–water partition coefficient (Wildman–Crippen LogP) is 1.46. The first-order valence-corrected chi connectivity index (χ1v) is 4.96. The van der Waals surface area contributed by atoms with Gasteiger partial charge >= 0.3 is 0 Å². The van der Waals surface area contributed by atoms with E-state index < -0.39 is 17.4 Å². The molecule has 6 nitrogen and oxygen atoms in total. The van der Waals surface area contributed by atoms with Gasteiger partial charge in [0.25, 0.3) is 5.91 Å². The van der Waals surface area contributed by atoms with Gasteiger partial charge in [0.05, 0.1) is 5.70 Å². The molecule has 0 saturated heterocycles. The summed E-state index contributed by atoms with van der Waals surface area (Å²) in [6.07, 6.45) is 1.00. The largest absolute Gasteiger partial charge is 0.509 e. The van der Waals surface area contributed by atoms with Crippen molar-refractivity contribution in [1.29, 1.82) is 5.41 Å². The molecule has 0 heterocycles. The molecule has 0 aliphatic heterocycles. The number of carbonyl (C=O) groups excluding carboxylic acids is 1. The summed E-state index contributed by atoms with van der Waals surface area (Å²) in [6, 6.07) is -0.113. The van der Waals surface area contributed by atoms with Gasteiger partial charge < -0.3 is 15.5 Å². The molecule has 0 aliphatic carbocycles. The van der Waals surface area contributed by atoms with E-state index in [9.17, 15) is 9.90 Å². The molecule has 0 bridgehead atoms. The molecule has 1 amide bonds. The number of aliphatic imine (C=N–C) groups is 1. The first-order valence-electron chi connectivity index (χ1n) is 4.96. The highest BCUT2D eigenvalue weighted by molar-refractivity contribution is 6.44.